The van der Waals surface area contributed by atoms with Gasteiger partial charge in [-0.3, -0.25) is 9.59 Å². The molecule has 0 aliphatic rings. The summed E-state index contributed by atoms with van der Waals surface area (Å²) < 4.78 is 4.97. The van der Waals surface area contributed by atoms with Crippen LogP contribution in [0.2, 0.25) is 0 Å². The van der Waals surface area contributed by atoms with E-state index in [0.29, 0.717) is 5.75 Å². The number of methoxy groups -OCH3 is 1. The van der Waals surface area contributed by atoms with E-state index in [9.17, 15) is 14.7 Å². The summed E-state index contributed by atoms with van der Waals surface area (Å²) in [6.07, 6.45) is -1.94. The molecular weight excluding hydrogens is 256 g/mol. The normalized spacial score (nSPS) is 11.7. The Morgan fingerprint density at radius 1 is 0.850 bits per heavy atom. The van der Waals surface area contributed by atoms with E-state index >= 15 is 0 Å². The van der Waals surface area contributed by atoms with Crippen molar-refractivity contribution in [3.63, 3.8) is 0 Å². The largest absolute Gasteiger partial charge is 0.497 e. The molecule has 2 aromatic carbocycles. The van der Waals surface area contributed by atoms with E-state index in [4.69, 9.17) is 4.74 Å². The summed E-state index contributed by atoms with van der Waals surface area (Å²) in [7, 11) is 1.51. The first-order valence-electron chi connectivity index (χ1n) is 6.07. The molecule has 1 radical (unpaired) electrons. The van der Waals surface area contributed by atoms with Crippen LogP contribution in [0.15, 0.2) is 54.6 Å². The maximum absolute atomic E-state index is 12.0. The van der Waals surface area contributed by atoms with Crippen molar-refractivity contribution in [3.05, 3.63) is 65.7 Å². The lowest BCUT2D eigenvalue weighted by Gasteiger charge is -2.07. The molecule has 0 saturated heterocycles. The van der Waals surface area contributed by atoms with Gasteiger partial charge in [-0.2, -0.15) is 0 Å². The van der Waals surface area contributed by atoms with Crippen LogP contribution in [-0.4, -0.2) is 24.8 Å². The van der Waals surface area contributed by atoms with Crippen molar-refractivity contribution < 1.29 is 19.4 Å². The second-order valence-corrected chi connectivity index (χ2v) is 4.20. The van der Waals surface area contributed by atoms with Crippen molar-refractivity contribution in [1.29, 1.82) is 0 Å². The lowest BCUT2D eigenvalue weighted by molar-refractivity contribution is 0.0465. The second-order valence-electron chi connectivity index (χ2n) is 4.20. The van der Waals surface area contributed by atoms with Gasteiger partial charge in [0.2, 0.25) is 17.7 Å². The van der Waals surface area contributed by atoms with Crippen LogP contribution in [0.4, 0.5) is 0 Å². The molecular formula is C16H13O4. The van der Waals surface area contributed by atoms with E-state index in [0.717, 1.165) is 0 Å². The summed E-state index contributed by atoms with van der Waals surface area (Å²) in [5.41, 5.74) is 0.449. The minimum Gasteiger partial charge on any atom is -0.497 e. The third kappa shape index (κ3) is 2.92. The standard InChI is InChI=1S/C16H13O4/c1-20-13-9-7-12(8-10-13)15(18)16(19)14(17)11-5-3-2-4-6-11/h2-10,16H,1H3. The summed E-state index contributed by atoms with van der Waals surface area (Å²) in [5.74, 6) is -0.869. The van der Waals surface area contributed by atoms with E-state index in [2.05, 4.69) is 0 Å². The molecule has 0 fully saturated rings. The predicted molar refractivity (Wildman–Crippen MR) is 72.6 cm³/mol. The van der Waals surface area contributed by atoms with Crippen molar-refractivity contribution >= 4 is 11.6 Å². The highest BCUT2D eigenvalue weighted by Gasteiger charge is 2.27. The SMILES string of the molecule is COc1ccc(C(=O)C([O])C(=O)c2ccccc2)cc1. The zero-order chi connectivity index (χ0) is 14.5. The smallest absolute Gasteiger partial charge is 0.218 e. The van der Waals surface area contributed by atoms with E-state index in [1.165, 1.54) is 31.4 Å². The monoisotopic (exact) mass is 269 g/mol. The van der Waals surface area contributed by atoms with E-state index in [1.807, 2.05) is 0 Å². The van der Waals surface area contributed by atoms with E-state index in [1.54, 1.807) is 30.3 Å². The Kier molecular flexibility index (Phi) is 4.27. The molecule has 0 N–H and O–H groups in total. The van der Waals surface area contributed by atoms with E-state index in [-0.39, 0.29) is 11.1 Å². The summed E-state index contributed by atoms with van der Waals surface area (Å²) in [6, 6.07) is 14.2. The number of hydrogen-bond acceptors (Lipinski definition) is 3. The molecule has 0 aliphatic carbocycles. The van der Waals surface area contributed by atoms with Crippen LogP contribution in [0.25, 0.3) is 0 Å². The Morgan fingerprint density at radius 2 is 1.35 bits per heavy atom. The maximum atomic E-state index is 12.0. The minimum absolute atomic E-state index is 0.204. The van der Waals surface area contributed by atoms with Gasteiger partial charge in [0, 0.05) is 11.1 Å². The molecule has 0 saturated carbocycles. The van der Waals surface area contributed by atoms with Crippen molar-refractivity contribution in [2.24, 2.45) is 0 Å². The highest BCUT2D eigenvalue weighted by atomic mass is 16.5. The van der Waals surface area contributed by atoms with Gasteiger partial charge in [0.25, 0.3) is 0 Å². The summed E-state index contributed by atoms with van der Waals surface area (Å²) in [4.78, 5) is 23.9. The third-order valence-electron chi connectivity index (χ3n) is 2.91. The van der Waals surface area contributed by atoms with Crippen LogP contribution in [0, 0.1) is 0 Å². The molecule has 0 aromatic heterocycles. The van der Waals surface area contributed by atoms with Crippen LogP contribution < -0.4 is 4.74 Å². The van der Waals surface area contributed by atoms with Gasteiger partial charge >= 0.3 is 0 Å². The molecule has 0 spiro atoms. The zero-order valence-corrected chi connectivity index (χ0v) is 10.9. The van der Waals surface area contributed by atoms with Crippen molar-refractivity contribution in [3.8, 4) is 5.75 Å². The van der Waals surface area contributed by atoms with Gasteiger partial charge in [-0.15, -0.1) is 0 Å². The quantitative estimate of drug-likeness (QED) is 0.619. The van der Waals surface area contributed by atoms with Gasteiger partial charge in [0.15, 0.2) is 0 Å². The minimum atomic E-state index is -1.94. The fourth-order valence-electron chi connectivity index (χ4n) is 1.78. The van der Waals surface area contributed by atoms with E-state index < -0.39 is 17.7 Å². The number of carbonyl (C=O) groups is 2. The number of ether oxygens (including phenoxy) is 1. The van der Waals surface area contributed by atoms with Crippen LogP contribution in [-0.2, 0) is 5.11 Å². The van der Waals surface area contributed by atoms with Gasteiger partial charge in [-0.05, 0) is 24.3 Å². The van der Waals surface area contributed by atoms with Crippen molar-refractivity contribution in [2.75, 3.05) is 7.11 Å². The molecule has 0 aliphatic heterocycles. The second kappa shape index (κ2) is 6.12. The molecule has 4 nitrogen and oxygen atoms in total. The first-order chi connectivity index (χ1) is 9.63. The van der Waals surface area contributed by atoms with Gasteiger partial charge in [-0.1, -0.05) is 30.3 Å². The number of benzene rings is 2. The topological polar surface area (TPSA) is 63.3 Å². The number of carbonyl (C=O) groups excluding carboxylic acids is 2. The molecule has 0 heterocycles. The van der Waals surface area contributed by atoms with Crippen LogP contribution in [0.1, 0.15) is 20.7 Å². The summed E-state index contributed by atoms with van der Waals surface area (Å²) in [6.45, 7) is 0. The molecule has 4 heteroatoms. The van der Waals surface area contributed by atoms with Gasteiger partial charge in [-0.25, -0.2) is 5.11 Å². The molecule has 101 valence electrons. The average molecular weight is 269 g/mol. The number of rotatable bonds is 5. The molecule has 0 bridgehead atoms. The maximum Gasteiger partial charge on any atom is 0.218 e. The Balaban J connectivity index is 2.17. The molecule has 1 atom stereocenters. The molecule has 20 heavy (non-hydrogen) atoms. The molecule has 2 aromatic rings. The highest BCUT2D eigenvalue weighted by Crippen LogP contribution is 2.14. The Morgan fingerprint density at radius 3 is 1.85 bits per heavy atom. The lowest BCUT2D eigenvalue weighted by Crippen LogP contribution is -2.28. The molecule has 1 unspecified atom stereocenters. The Labute approximate surface area is 116 Å². The Hall–Kier alpha value is -2.46. The van der Waals surface area contributed by atoms with Gasteiger partial charge in [0.05, 0.1) is 7.11 Å². The van der Waals surface area contributed by atoms with Crippen LogP contribution >= 0.6 is 0 Å². The van der Waals surface area contributed by atoms with Crippen molar-refractivity contribution in [1.82, 2.24) is 0 Å². The fraction of sp³-hybridized carbons (Fsp3) is 0.125. The third-order valence-corrected chi connectivity index (χ3v) is 2.91. The summed E-state index contributed by atoms with van der Waals surface area (Å²) >= 11 is 0. The fourth-order valence-corrected chi connectivity index (χ4v) is 1.78. The predicted octanol–water partition coefficient (Wildman–Crippen LogP) is 2.56. The van der Waals surface area contributed by atoms with Gasteiger partial charge in [0.1, 0.15) is 5.75 Å². The highest BCUT2D eigenvalue weighted by molar-refractivity contribution is 6.18. The first kappa shape index (κ1) is 14.0. The lowest BCUT2D eigenvalue weighted by atomic mass is 9.99. The zero-order valence-electron chi connectivity index (χ0n) is 10.9. The molecule has 2 rings (SSSR count). The van der Waals surface area contributed by atoms with Crippen LogP contribution in [0.3, 0.4) is 0 Å². The first-order valence-corrected chi connectivity index (χ1v) is 6.07. The average Bonchev–Trinajstić information content (AvgIpc) is 2.53. The Bertz CT molecular complexity index is 602. The summed E-state index contributed by atoms with van der Waals surface area (Å²) in [5, 5.41) is 12.0. The van der Waals surface area contributed by atoms with Crippen LogP contribution in [0.5, 0.6) is 5.75 Å². The van der Waals surface area contributed by atoms with Crippen molar-refractivity contribution in [2.45, 2.75) is 6.10 Å². The molecule has 0 amide bonds. The van der Waals surface area contributed by atoms with Gasteiger partial charge < -0.3 is 4.74 Å². The number of Topliss-reactive ketones (excluding diaryl/α,β-unsaturated/α-hetero) is 2. The number of ketones is 2. The number of hydrogen-bond donors (Lipinski definition) is 0.